The average Bonchev–Trinajstić information content (AvgIpc) is 2.74. The molecule has 31 heavy (non-hydrogen) atoms. The first kappa shape index (κ1) is 23.1. The van der Waals surface area contributed by atoms with Crippen LogP contribution in [0, 0.1) is 0 Å². The summed E-state index contributed by atoms with van der Waals surface area (Å²) in [5.74, 6) is 0.856. The highest BCUT2D eigenvalue weighted by Gasteiger charge is 2.19. The van der Waals surface area contributed by atoms with Crippen LogP contribution in [0.5, 0.6) is 11.5 Å². The maximum Gasteiger partial charge on any atom is 0.240 e. The number of benzene rings is 2. The molecule has 1 amide bonds. The lowest BCUT2D eigenvalue weighted by Crippen LogP contribution is -2.35. The first-order valence-corrected chi connectivity index (χ1v) is 11.6. The van der Waals surface area contributed by atoms with E-state index in [2.05, 4.69) is 22.0 Å². The molecule has 2 aromatic rings. The second-order valence-electron chi connectivity index (χ2n) is 7.63. The predicted molar refractivity (Wildman–Crippen MR) is 119 cm³/mol. The second kappa shape index (κ2) is 10.1. The lowest BCUT2D eigenvalue weighted by atomic mass is 10.1. The maximum absolute atomic E-state index is 12.7. The van der Waals surface area contributed by atoms with Crippen LogP contribution in [0.25, 0.3) is 0 Å². The molecule has 0 aromatic heterocycles. The van der Waals surface area contributed by atoms with E-state index in [0.717, 1.165) is 37.2 Å². The number of hydrogen-bond acceptors (Lipinski definition) is 6. The summed E-state index contributed by atoms with van der Waals surface area (Å²) in [6.45, 7) is 3.54. The van der Waals surface area contributed by atoms with Crippen LogP contribution in [0.4, 0.5) is 5.69 Å². The maximum atomic E-state index is 12.7. The Morgan fingerprint density at radius 1 is 1.13 bits per heavy atom. The number of likely N-dealkylation sites (tertiary alicyclic amines) is 1. The van der Waals surface area contributed by atoms with Gasteiger partial charge in [0.2, 0.25) is 15.9 Å². The van der Waals surface area contributed by atoms with Gasteiger partial charge in [0.05, 0.1) is 17.7 Å². The van der Waals surface area contributed by atoms with E-state index < -0.39 is 10.0 Å². The molecule has 0 saturated carbocycles. The largest absolute Gasteiger partial charge is 0.495 e. The number of piperidine rings is 1. The van der Waals surface area contributed by atoms with Crippen LogP contribution in [0.2, 0.25) is 0 Å². The minimum atomic E-state index is -3.77. The van der Waals surface area contributed by atoms with Crippen molar-refractivity contribution in [3.05, 3.63) is 48.0 Å². The highest BCUT2D eigenvalue weighted by molar-refractivity contribution is 7.89. The van der Waals surface area contributed by atoms with Crippen LogP contribution < -0.4 is 19.5 Å². The van der Waals surface area contributed by atoms with E-state index in [-0.39, 0.29) is 23.5 Å². The molecule has 0 aliphatic carbocycles. The fourth-order valence-corrected chi connectivity index (χ4v) is 4.43. The quantitative estimate of drug-likeness (QED) is 0.646. The lowest BCUT2D eigenvalue weighted by molar-refractivity contribution is -0.114. The number of rotatable bonds is 8. The van der Waals surface area contributed by atoms with E-state index in [1.165, 1.54) is 32.2 Å². The van der Waals surface area contributed by atoms with Gasteiger partial charge in [-0.1, -0.05) is 12.1 Å². The zero-order valence-corrected chi connectivity index (χ0v) is 18.9. The number of carbonyl (C=O) groups excluding carboxylic acids is 1. The third kappa shape index (κ3) is 6.43. The summed E-state index contributed by atoms with van der Waals surface area (Å²) < 4.78 is 39.2. The Kier molecular flexibility index (Phi) is 7.53. The van der Waals surface area contributed by atoms with E-state index in [1.54, 1.807) is 0 Å². The third-order valence-electron chi connectivity index (χ3n) is 5.15. The van der Waals surface area contributed by atoms with Gasteiger partial charge in [0, 0.05) is 26.6 Å². The molecule has 0 atom stereocenters. The Morgan fingerprint density at radius 2 is 1.81 bits per heavy atom. The molecule has 0 radical (unpaired) electrons. The monoisotopic (exact) mass is 447 g/mol. The normalized spacial score (nSPS) is 15.5. The van der Waals surface area contributed by atoms with Gasteiger partial charge in [-0.05, 0) is 55.8 Å². The van der Waals surface area contributed by atoms with Crippen molar-refractivity contribution in [3.63, 3.8) is 0 Å². The number of nitrogens with one attached hydrogen (secondary N) is 2. The fraction of sp³-hybridized carbons (Fsp3) is 0.409. The second-order valence-corrected chi connectivity index (χ2v) is 9.40. The number of sulfonamides is 1. The molecule has 1 saturated heterocycles. The molecule has 1 fully saturated rings. The van der Waals surface area contributed by atoms with Gasteiger partial charge in [-0.15, -0.1) is 0 Å². The Labute approximate surface area is 183 Å². The molecule has 3 rings (SSSR count). The topological polar surface area (TPSA) is 97.0 Å². The van der Waals surface area contributed by atoms with Gasteiger partial charge in [-0.25, -0.2) is 13.1 Å². The minimum absolute atomic E-state index is 0.0410. The molecule has 1 aliphatic heterocycles. The molecule has 0 unspecified atom stereocenters. The Balaban J connectivity index is 1.61. The van der Waals surface area contributed by atoms with Crippen LogP contribution in [0.15, 0.2) is 47.4 Å². The fourth-order valence-electron chi connectivity index (χ4n) is 3.38. The van der Waals surface area contributed by atoms with E-state index in [4.69, 9.17) is 9.47 Å². The van der Waals surface area contributed by atoms with Gasteiger partial charge in [-0.3, -0.25) is 4.79 Å². The number of amides is 1. The minimum Gasteiger partial charge on any atom is -0.495 e. The summed E-state index contributed by atoms with van der Waals surface area (Å²) in [7, 11) is -0.211. The van der Waals surface area contributed by atoms with Crippen molar-refractivity contribution in [2.45, 2.75) is 37.3 Å². The highest BCUT2D eigenvalue weighted by atomic mass is 32.2. The molecule has 2 N–H and O–H groups in total. The molecule has 0 spiro atoms. The number of methoxy groups -OCH3 is 1. The van der Waals surface area contributed by atoms with Crippen molar-refractivity contribution in [2.24, 2.45) is 0 Å². The Bertz CT molecular complexity index is 1000. The van der Waals surface area contributed by atoms with Crippen molar-refractivity contribution in [1.82, 2.24) is 9.62 Å². The van der Waals surface area contributed by atoms with Crippen LogP contribution in [0.3, 0.4) is 0 Å². The zero-order valence-electron chi connectivity index (χ0n) is 18.1. The van der Waals surface area contributed by atoms with E-state index in [1.807, 2.05) is 24.3 Å². The summed E-state index contributed by atoms with van der Waals surface area (Å²) in [4.78, 5) is 13.7. The van der Waals surface area contributed by atoms with Gasteiger partial charge in [-0.2, -0.15) is 0 Å². The summed E-state index contributed by atoms with van der Waals surface area (Å²) in [6.07, 6.45) is 2.22. The first-order chi connectivity index (χ1) is 14.8. The standard InChI is InChI=1S/C22H29N3O5S/c1-16(26)24-21-14-20(8-9-22(21)29-3)31(27,28)23-15-17-4-6-18(7-5-17)30-19-10-12-25(2)13-11-19/h4-9,14,19,23H,10-13,15H2,1-3H3,(H,24,26). The van der Waals surface area contributed by atoms with E-state index in [0.29, 0.717) is 11.4 Å². The Morgan fingerprint density at radius 3 is 2.42 bits per heavy atom. The van der Waals surface area contributed by atoms with Gasteiger partial charge in [0.15, 0.2) is 0 Å². The smallest absolute Gasteiger partial charge is 0.240 e. The molecular weight excluding hydrogens is 418 g/mol. The van der Waals surface area contributed by atoms with Crippen molar-refractivity contribution in [1.29, 1.82) is 0 Å². The van der Waals surface area contributed by atoms with Gasteiger partial charge < -0.3 is 19.7 Å². The molecule has 1 heterocycles. The SMILES string of the molecule is COc1ccc(S(=O)(=O)NCc2ccc(OC3CCN(C)CC3)cc2)cc1NC(C)=O. The molecular formula is C22H29N3O5S. The molecule has 1 aliphatic rings. The van der Waals surface area contributed by atoms with Crippen molar-refractivity contribution < 1.29 is 22.7 Å². The van der Waals surface area contributed by atoms with E-state index in [9.17, 15) is 13.2 Å². The van der Waals surface area contributed by atoms with Crippen molar-refractivity contribution >= 4 is 21.6 Å². The summed E-state index contributed by atoms with van der Waals surface area (Å²) in [6, 6.07) is 11.8. The van der Waals surface area contributed by atoms with Crippen molar-refractivity contribution in [3.8, 4) is 11.5 Å². The number of carbonyl (C=O) groups is 1. The summed E-state index contributed by atoms with van der Waals surface area (Å²) >= 11 is 0. The first-order valence-electron chi connectivity index (χ1n) is 10.2. The van der Waals surface area contributed by atoms with Gasteiger partial charge >= 0.3 is 0 Å². The highest BCUT2D eigenvalue weighted by Crippen LogP contribution is 2.27. The number of ether oxygens (including phenoxy) is 2. The van der Waals surface area contributed by atoms with Crippen LogP contribution >= 0.6 is 0 Å². The number of nitrogens with zero attached hydrogens (tertiary/aromatic N) is 1. The third-order valence-corrected chi connectivity index (χ3v) is 6.55. The lowest BCUT2D eigenvalue weighted by Gasteiger charge is -2.29. The van der Waals surface area contributed by atoms with Crippen LogP contribution in [-0.2, 0) is 21.4 Å². The molecule has 2 aromatic carbocycles. The van der Waals surface area contributed by atoms with E-state index >= 15 is 0 Å². The Hall–Kier alpha value is -2.62. The number of hydrogen-bond donors (Lipinski definition) is 2. The predicted octanol–water partition coefficient (Wildman–Crippen LogP) is 2.61. The van der Waals surface area contributed by atoms with Crippen molar-refractivity contribution in [2.75, 3.05) is 32.6 Å². The summed E-state index contributed by atoms with van der Waals surface area (Å²) in [5.41, 5.74) is 1.11. The molecule has 8 nitrogen and oxygen atoms in total. The summed E-state index contributed by atoms with van der Waals surface area (Å²) in [5, 5.41) is 2.58. The van der Waals surface area contributed by atoms with Crippen LogP contribution in [-0.4, -0.2) is 52.6 Å². The average molecular weight is 448 g/mol. The zero-order chi connectivity index (χ0) is 22.4. The molecule has 168 valence electrons. The number of anilines is 1. The van der Waals surface area contributed by atoms with Gasteiger partial charge in [0.1, 0.15) is 17.6 Å². The van der Waals surface area contributed by atoms with Gasteiger partial charge in [0.25, 0.3) is 0 Å². The molecule has 9 heteroatoms. The molecule has 0 bridgehead atoms. The van der Waals surface area contributed by atoms with Crippen LogP contribution in [0.1, 0.15) is 25.3 Å².